The average Bonchev–Trinajstić information content (AvgIpc) is 2.81. The summed E-state index contributed by atoms with van der Waals surface area (Å²) in [6.07, 6.45) is 5.06. The molecule has 106 valence electrons. The second-order valence-corrected chi connectivity index (χ2v) is 6.52. The van der Waals surface area contributed by atoms with Gasteiger partial charge in [0.05, 0.1) is 11.3 Å². The number of hydrogen-bond acceptors (Lipinski definition) is 2. The molecule has 0 aromatic rings. The molecule has 1 saturated carbocycles. The smallest absolute Gasteiger partial charge is 0.0989 e. The normalized spacial score (nSPS) is 24.1. The fraction of sp³-hybridized carbons (Fsp3) is 0.529. The first-order chi connectivity index (χ1) is 8.59. The molecule has 1 rings (SSSR count). The van der Waals surface area contributed by atoms with E-state index in [4.69, 9.17) is 4.84 Å². The van der Waals surface area contributed by atoms with E-state index in [1.807, 2.05) is 12.2 Å². The van der Waals surface area contributed by atoms with E-state index >= 15 is 0 Å². The third kappa shape index (κ3) is 3.84. The molecule has 0 amide bonds. The fourth-order valence-corrected chi connectivity index (χ4v) is 1.71. The molecule has 1 fully saturated rings. The maximum absolute atomic E-state index is 5.74. The molecule has 0 aliphatic heterocycles. The van der Waals surface area contributed by atoms with Crippen LogP contribution in [-0.4, -0.2) is 5.60 Å². The van der Waals surface area contributed by atoms with Gasteiger partial charge in [0.2, 0.25) is 0 Å². The Morgan fingerprint density at radius 3 is 2.05 bits per heavy atom. The van der Waals surface area contributed by atoms with Crippen LogP contribution >= 0.6 is 0 Å². The summed E-state index contributed by atoms with van der Waals surface area (Å²) < 4.78 is 0. The van der Waals surface area contributed by atoms with E-state index in [-0.39, 0.29) is 11.0 Å². The number of hydrogen-bond donors (Lipinski definition) is 1. The highest BCUT2D eigenvalue weighted by Gasteiger charge is 2.60. The van der Waals surface area contributed by atoms with E-state index < -0.39 is 0 Å². The van der Waals surface area contributed by atoms with Crippen molar-refractivity contribution in [1.29, 1.82) is 0 Å². The molecule has 1 aliphatic rings. The Morgan fingerprint density at radius 2 is 1.63 bits per heavy atom. The largest absolute Gasteiger partial charge is 0.269 e. The Morgan fingerprint density at radius 1 is 1.11 bits per heavy atom. The number of nitrogens with one attached hydrogen (secondary N) is 1. The summed E-state index contributed by atoms with van der Waals surface area (Å²) in [6, 6.07) is 0. The molecule has 1 aliphatic carbocycles. The van der Waals surface area contributed by atoms with E-state index in [2.05, 4.69) is 60.2 Å². The second-order valence-electron chi connectivity index (χ2n) is 6.52. The Kier molecular flexibility index (Phi) is 4.46. The minimum atomic E-state index is -0.101. The van der Waals surface area contributed by atoms with Gasteiger partial charge in [-0.15, -0.1) is 0 Å². The van der Waals surface area contributed by atoms with Crippen LogP contribution in [0.15, 0.2) is 47.7 Å². The Labute approximate surface area is 117 Å². The van der Waals surface area contributed by atoms with Gasteiger partial charge in [-0.25, -0.2) is 0 Å². The van der Waals surface area contributed by atoms with Gasteiger partial charge in [-0.3, -0.25) is 10.3 Å². The van der Waals surface area contributed by atoms with Crippen molar-refractivity contribution in [3.05, 3.63) is 47.7 Å². The molecule has 2 heteroatoms. The van der Waals surface area contributed by atoms with E-state index in [1.165, 1.54) is 11.1 Å². The molecular formula is C17H27NO. The fourth-order valence-electron chi connectivity index (χ4n) is 1.71. The molecule has 1 N–H and O–H groups in total. The first-order valence-corrected chi connectivity index (χ1v) is 6.73. The highest BCUT2D eigenvalue weighted by molar-refractivity contribution is 5.37. The first-order valence-electron chi connectivity index (χ1n) is 6.73. The van der Waals surface area contributed by atoms with Gasteiger partial charge < -0.3 is 0 Å². The molecule has 1 atom stereocenters. The minimum Gasteiger partial charge on any atom is -0.269 e. The van der Waals surface area contributed by atoms with Crippen LogP contribution < -0.4 is 5.48 Å². The van der Waals surface area contributed by atoms with E-state index in [0.29, 0.717) is 5.70 Å². The quantitative estimate of drug-likeness (QED) is 0.554. The zero-order valence-electron chi connectivity index (χ0n) is 13.2. The van der Waals surface area contributed by atoms with Gasteiger partial charge in [0, 0.05) is 0 Å². The van der Waals surface area contributed by atoms with Crippen molar-refractivity contribution in [2.45, 2.75) is 53.6 Å². The van der Waals surface area contributed by atoms with E-state index in [1.54, 1.807) is 0 Å². The standard InChI is InChI=1S/C17H27NO/c1-12(2)13(3)9-10-14(4)15(5)18-19-17(8)11-16(17,6)7/h9-10,18H,4-5,11H2,1-3,6-8H3/b10-9-. The Bertz CT molecular complexity index is 450. The first kappa shape index (κ1) is 15.8. The lowest BCUT2D eigenvalue weighted by Gasteiger charge is -2.18. The second kappa shape index (κ2) is 5.38. The van der Waals surface area contributed by atoms with Crippen molar-refractivity contribution in [3.8, 4) is 0 Å². The van der Waals surface area contributed by atoms with Crippen LogP contribution in [0.25, 0.3) is 0 Å². The number of allylic oxidation sites excluding steroid dienone is 4. The van der Waals surface area contributed by atoms with Crippen LogP contribution in [-0.2, 0) is 4.84 Å². The molecule has 19 heavy (non-hydrogen) atoms. The van der Waals surface area contributed by atoms with Crippen molar-refractivity contribution in [1.82, 2.24) is 5.48 Å². The summed E-state index contributed by atoms with van der Waals surface area (Å²) in [6.45, 7) is 20.7. The lowest BCUT2D eigenvalue weighted by atomic mass is 10.1. The molecule has 2 nitrogen and oxygen atoms in total. The van der Waals surface area contributed by atoms with Gasteiger partial charge in [-0.1, -0.05) is 50.3 Å². The Balaban J connectivity index is 2.47. The van der Waals surface area contributed by atoms with Crippen LogP contribution in [0.2, 0.25) is 0 Å². The van der Waals surface area contributed by atoms with Crippen LogP contribution in [0.5, 0.6) is 0 Å². The summed E-state index contributed by atoms with van der Waals surface area (Å²) in [4.78, 5) is 5.74. The maximum Gasteiger partial charge on any atom is 0.0989 e. The number of rotatable bonds is 6. The van der Waals surface area contributed by atoms with Gasteiger partial charge in [0.1, 0.15) is 0 Å². The maximum atomic E-state index is 5.74. The molecule has 0 heterocycles. The third-order valence-corrected chi connectivity index (χ3v) is 4.20. The van der Waals surface area contributed by atoms with Crippen molar-refractivity contribution in [2.75, 3.05) is 0 Å². The SMILES string of the molecule is C=C(/C=C\C(C)=C(C)C)C(=C)NOC1(C)CC1(C)C. The predicted molar refractivity (Wildman–Crippen MR) is 82.5 cm³/mol. The molecule has 0 aromatic carbocycles. The lowest BCUT2D eigenvalue weighted by molar-refractivity contribution is -0.0350. The monoisotopic (exact) mass is 261 g/mol. The van der Waals surface area contributed by atoms with Gasteiger partial charge in [0.15, 0.2) is 0 Å². The lowest BCUT2D eigenvalue weighted by Crippen LogP contribution is -2.26. The van der Waals surface area contributed by atoms with Crippen molar-refractivity contribution >= 4 is 0 Å². The minimum absolute atomic E-state index is 0.101. The van der Waals surface area contributed by atoms with E-state index in [0.717, 1.165) is 12.0 Å². The molecule has 0 aromatic heterocycles. The summed E-state index contributed by atoms with van der Waals surface area (Å²) in [5, 5.41) is 0. The molecule has 0 bridgehead atoms. The zero-order valence-corrected chi connectivity index (χ0v) is 13.2. The summed E-state index contributed by atoms with van der Waals surface area (Å²) in [5.74, 6) is 0. The predicted octanol–water partition coefficient (Wildman–Crippen LogP) is 4.68. The van der Waals surface area contributed by atoms with Crippen molar-refractivity contribution in [2.24, 2.45) is 5.41 Å². The van der Waals surface area contributed by atoms with E-state index in [9.17, 15) is 0 Å². The molecule has 0 radical (unpaired) electrons. The van der Waals surface area contributed by atoms with Gasteiger partial charge in [-0.2, -0.15) is 0 Å². The molecule has 0 spiro atoms. The van der Waals surface area contributed by atoms with Gasteiger partial charge >= 0.3 is 0 Å². The average molecular weight is 261 g/mol. The molecule has 0 saturated heterocycles. The zero-order chi connectivity index (χ0) is 14.8. The molecular weight excluding hydrogens is 234 g/mol. The van der Waals surface area contributed by atoms with Crippen molar-refractivity contribution in [3.63, 3.8) is 0 Å². The van der Waals surface area contributed by atoms with Gasteiger partial charge in [0.25, 0.3) is 0 Å². The van der Waals surface area contributed by atoms with Crippen LogP contribution in [0.1, 0.15) is 48.0 Å². The molecule has 1 unspecified atom stereocenters. The summed E-state index contributed by atoms with van der Waals surface area (Å²) in [7, 11) is 0. The van der Waals surface area contributed by atoms with Crippen molar-refractivity contribution < 1.29 is 4.84 Å². The van der Waals surface area contributed by atoms with Gasteiger partial charge in [-0.05, 0) is 45.1 Å². The van der Waals surface area contributed by atoms with Crippen LogP contribution in [0.3, 0.4) is 0 Å². The number of hydroxylamine groups is 1. The highest BCUT2D eigenvalue weighted by atomic mass is 16.7. The highest BCUT2D eigenvalue weighted by Crippen LogP contribution is 2.57. The summed E-state index contributed by atoms with van der Waals surface area (Å²) >= 11 is 0. The summed E-state index contributed by atoms with van der Waals surface area (Å²) in [5.41, 5.74) is 7.15. The topological polar surface area (TPSA) is 21.3 Å². The van der Waals surface area contributed by atoms with Crippen LogP contribution in [0, 0.1) is 5.41 Å². The third-order valence-electron chi connectivity index (χ3n) is 4.20. The van der Waals surface area contributed by atoms with Crippen LogP contribution in [0.4, 0.5) is 0 Å². The Hall–Kier alpha value is -1.28.